The van der Waals surface area contributed by atoms with Gasteiger partial charge in [-0.25, -0.2) is 0 Å². The summed E-state index contributed by atoms with van der Waals surface area (Å²) in [5.41, 5.74) is 1.28. The molecule has 3 aliphatic heterocycles. The first-order chi connectivity index (χ1) is 10.6. The van der Waals surface area contributed by atoms with Gasteiger partial charge in [0.1, 0.15) is 11.5 Å². The third-order valence-electron chi connectivity index (χ3n) is 4.92. The molecule has 1 amide bonds. The Balaban J connectivity index is 1.71. The van der Waals surface area contributed by atoms with Crippen LogP contribution >= 0.6 is 0 Å². The second-order valence-corrected chi connectivity index (χ2v) is 6.18. The summed E-state index contributed by atoms with van der Waals surface area (Å²) in [7, 11) is 1.35. The number of esters is 1. The second-order valence-electron chi connectivity index (χ2n) is 6.18. The maximum Gasteiger partial charge on any atom is 0.312 e. The zero-order chi connectivity index (χ0) is 15.5. The third-order valence-corrected chi connectivity index (χ3v) is 4.92. The van der Waals surface area contributed by atoms with E-state index in [1.165, 1.54) is 7.11 Å². The summed E-state index contributed by atoms with van der Waals surface area (Å²) < 4.78 is 10.9. The average Bonchev–Trinajstić information content (AvgIpc) is 3.16. The van der Waals surface area contributed by atoms with E-state index in [2.05, 4.69) is 0 Å². The molecule has 1 aromatic carbocycles. The Morgan fingerprint density at radius 3 is 2.77 bits per heavy atom. The first kappa shape index (κ1) is 13.5. The highest BCUT2D eigenvalue weighted by atomic mass is 16.5. The maximum atomic E-state index is 12.9. The van der Waals surface area contributed by atoms with Crippen molar-refractivity contribution in [1.82, 2.24) is 0 Å². The molecule has 22 heavy (non-hydrogen) atoms. The van der Waals surface area contributed by atoms with Crippen LogP contribution in [0.5, 0.6) is 0 Å². The quantitative estimate of drug-likeness (QED) is 0.613. The Kier molecular flexibility index (Phi) is 2.72. The topological polar surface area (TPSA) is 55.8 Å². The smallest absolute Gasteiger partial charge is 0.312 e. The number of rotatable bonds is 2. The number of benzene rings is 1. The maximum absolute atomic E-state index is 12.9. The van der Waals surface area contributed by atoms with Crippen LogP contribution in [0.15, 0.2) is 36.4 Å². The molecule has 0 aromatic heterocycles. The number of carbonyl (C=O) groups excluding carboxylic acids is 2. The fourth-order valence-corrected chi connectivity index (χ4v) is 3.85. The molecule has 2 bridgehead atoms. The molecule has 114 valence electrons. The normalized spacial score (nSPS) is 35.1. The van der Waals surface area contributed by atoms with Crippen LogP contribution in [0.4, 0.5) is 5.69 Å². The highest BCUT2D eigenvalue weighted by molar-refractivity contribution is 6.02. The van der Waals surface area contributed by atoms with E-state index in [0.717, 1.165) is 11.3 Å². The predicted molar refractivity (Wildman–Crippen MR) is 79.3 cm³/mol. The molecule has 0 unspecified atom stereocenters. The average molecular weight is 299 g/mol. The van der Waals surface area contributed by atoms with Gasteiger partial charge in [-0.2, -0.15) is 0 Å². The van der Waals surface area contributed by atoms with Crippen molar-refractivity contribution in [2.75, 3.05) is 18.6 Å². The molecule has 2 saturated heterocycles. The Morgan fingerprint density at radius 2 is 2.09 bits per heavy atom. The molecule has 0 radical (unpaired) electrons. The molecule has 1 spiro atoms. The molecule has 5 heteroatoms. The Hall–Kier alpha value is -2.14. The van der Waals surface area contributed by atoms with E-state index in [0.29, 0.717) is 6.54 Å². The lowest BCUT2D eigenvalue weighted by Crippen LogP contribution is -2.39. The fourth-order valence-electron chi connectivity index (χ4n) is 3.85. The van der Waals surface area contributed by atoms with Crippen LogP contribution < -0.4 is 4.90 Å². The molecule has 4 atom stereocenters. The van der Waals surface area contributed by atoms with Crippen LogP contribution in [-0.4, -0.2) is 37.2 Å². The lowest BCUT2D eigenvalue weighted by molar-refractivity contribution is -0.149. The van der Waals surface area contributed by atoms with E-state index in [1.807, 2.05) is 43.3 Å². The second kappa shape index (κ2) is 4.43. The predicted octanol–water partition coefficient (Wildman–Crippen LogP) is 1.45. The van der Waals surface area contributed by atoms with Gasteiger partial charge in [0.15, 0.2) is 0 Å². The molecule has 4 rings (SSSR count). The number of amides is 1. The van der Waals surface area contributed by atoms with Crippen molar-refractivity contribution in [3.8, 4) is 0 Å². The lowest BCUT2D eigenvalue weighted by Gasteiger charge is -2.22. The van der Waals surface area contributed by atoms with Gasteiger partial charge in [-0.3, -0.25) is 9.59 Å². The van der Waals surface area contributed by atoms with Gasteiger partial charge in [-0.15, -0.1) is 0 Å². The van der Waals surface area contributed by atoms with Gasteiger partial charge < -0.3 is 14.4 Å². The van der Waals surface area contributed by atoms with Gasteiger partial charge in [0.2, 0.25) is 5.91 Å². The number of nitrogens with zero attached hydrogens (tertiary/aromatic N) is 1. The summed E-state index contributed by atoms with van der Waals surface area (Å²) in [5.74, 6) is -1.47. The summed E-state index contributed by atoms with van der Waals surface area (Å²) in [6, 6.07) is 7.79. The van der Waals surface area contributed by atoms with Gasteiger partial charge in [-0.05, 0) is 19.1 Å². The Bertz CT molecular complexity index is 680. The number of hydrogen-bond donors (Lipinski definition) is 0. The molecular weight excluding hydrogens is 282 g/mol. The first-order valence-corrected chi connectivity index (χ1v) is 7.39. The number of hydrogen-bond acceptors (Lipinski definition) is 4. The minimum absolute atomic E-state index is 0.0638. The van der Waals surface area contributed by atoms with Crippen molar-refractivity contribution in [2.45, 2.75) is 18.6 Å². The van der Waals surface area contributed by atoms with Gasteiger partial charge in [0.25, 0.3) is 0 Å². The number of aryl methyl sites for hydroxylation is 1. The van der Waals surface area contributed by atoms with Crippen molar-refractivity contribution in [3.63, 3.8) is 0 Å². The Morgan fingerprint density at radius 1 is 1.36 bits per heavy atom. The summed E-state index contributed by atoms with van der Waals surface area (Å²) in [6.45, 7) is 2.45. The minimum Gasteiger partial charge on any atom is -0.469 e. The number of methoxy groups -OCH3 is 1. The summed E-state index contributed by atoms with van der Waals surface area (Å²) in [5, 5.41) is 0. The SMILES string of the molecule is COC(=O)[C@@H]1[C@H]2C(=O)N(c3ccc(C)cc3)C[C@@]23C=C[C@H]1O3. The van der Waals surface area contributed by atoms with Gasteiger partial charge in [0.05, 0.1) is 25.7 Å². The van der Waals surface area contributed by atoms with Crippen LogP contribution in [0, 0.1) is 18.8 Å². The van der Waals surface area contributed by atoms with Crippen molar-refractivity contribution >= 4 is 17.6 Å². The van der Waals surface area contributed by atoms with Crippen molar-refractivity contribution in [1.29, 1.82) is 0 Å². The molecule has 5 nitrogen and oxygen atoms in total. The molecule has 2 fully saturated rings. The highest BCUT2D eigenvalue weighted by Gasteiger charge is 2.67. The molecule has 3 heterocycles. The van der Waals surface area contributed by atoms with Crippen molar-refractivity contribution in [2.24, 2.45) is 11.8 Å². The first-order valence-electron chi connectivity index (χ1n) is 7.39. The molecule has 0 saturated carbocycles. The van der Waals surface area contributed by atoms with E-state index in [4.69, 9.17) is 9.47 Å². The lowest BCUT2D eigenvalue weighted by atomic mass is 9.77. The molecular formula is C17H17NO4. The van der Waals surface area contributed by atoms with E-state index in [-0.39, 0.29) is 18.0 Å². The van der Waals surface area contributed by atoms with Crippen LogP contribution in [-0.2, 0) is 19.1 Å². The summed E-state index contributed by atoms with van der Waals surface area (Å²) in [4.78, 5) is 26.7. The fraction of sp³-hybridized carbons (Fsp3) is 0.412. The third kappa shape index (κ3) is 1.63. The minimum atomic E-state index is -0.689. The number of ether oxygens (including phenoxy) is 2. The highest BCUT2D eigenvalue weighted by Crippen LogP contribution is 2.52. The summed E-state index contributed by atoms with van der Waals surface area (Å²) >= 11 is 0. The monoisotopic (exact) mass is 299 g/mol. The van der Waals surface area contributed by atoms with E-state index in [1.54, 1.807) is 4.90 Å². The van der Waals surface area contributed by atoms with Crippen LogP contribution in [0.25, 0.3) is 0 Å². The van der Waals surface area contributed by atoms with E-state index < -0.39 is 17.4 Å². The molecule has 1 aromatic rings. The molecule has 0 aliphatic carbocycles. The van der Waals surface area contributed by atoms with Crippen LogP contribution in [0.2, 0.25) is 0 Å². The van der Waals surface area contributed by atoms with Gasteiger partial charge >= 0.3 is 5.97 Å². The standard InChI is InChI=1S/C17H17NO4/c1-10-3-5-11(6-4-10)18-9-17-8-7-12(22-17)13(16(20)21-2)14(17)15(18)19/h3-8,12-14H,9H2,1-2H3/t12-,13+,14+,17+/m1/s1. The number of anilines is 1. The number of fused-ring (bicyclic) bond motifs is 1. The van der Waals surface area contributed by atoms with Crippen molar-refractivity contribution < 1.29 is 19.1 Å². The molecule has 0 N–H and O–H groups in total. The largest absolute Gasteiger partial charge is 0.469 e. The number of carbonyl (C=O) groups is 2. The van der Waals surface area contributed by atoms with E-state index >= 15 is 0 Å². The zero-order valence-electron chi connectivity index (χ0n) is 12.5. The van der Waals surface area contributed by atoms with Gasteiger partial charge in [-0.1, -0.05) is 29.8 Å². The Labute approximate surface area is 128 Å². The van der Waals surface area contributed by atoms with Crippen LogP contribution in [0.1, 0.15) is 5.56 Å². The van der Waals surface area contributed by atoms with E-state index in [9.17, 15) is 9.59 Å². The van der Waals surface area contributed by atoms with Gasteiger partial charge in [0, 0.05) is 5.69 Å². The zero-order valence-corrected chi connectivity index (χ0v) is 12.5. The summed E-state index contributed by atoms with van der Waals surface area (Å²) in [6.07, 6.45) is 3.47. The van der Waals surface area contributed by atoms with Crippen LogP contribution in [0.3, 0.4) is 0 Å². The molecule has 3 aliphatic rings. The van der Waals surface area contributed by atoms with Crippen molar-refractivity contribution in [3.05, 3.63) is 42.0 Å².